The Bertz CT molecular complexity index is 370. The summed E-state index contributed by atoms with van der Waals surface area (Å²) in [5, 5.41) is 3.16. The molecule has 0 unspecified atom stereocenters. The highest BCUT2D eigenvalue weighted by molar-refractivity contribution is 9.10. The molecule has 0 saturated heterocycles. The first kappa shape index (κ1) is 12.5. The Morgan fingerprint density at radius 2 is 2.33 bits per heavy atom. The molecule has 0 aliphatic rings. The van der Waals surface area contributed by atoms with Gasteiger partial charge in [0, 0.05) is 4.47 Å². The maximum Gasteiger partial charge on any atom is 0.241 e. The zero-order valence-electron chi connectivity index (χ0n) is 8.26. The Kier molecular flexibility index (Phi) is 4.57. The lowest BCUT2D eigenvalue weighted by Gasteiger charge is -2.11. The summed E-state index contributed by atoms with van der Waals surface area (Å²) in [5.74, 6) is -0.221. The minimum absolute atomic E-state index is 0.221. The molecule has 3 N–H and O–H groups in total. The fraction of sp³-hybridized carbons (Fsp3) is 0.300. The van der Waals surface area contributed by atoms with Gasteiger partial charge in [0.15, 0.2) is 0 Å². The number of amides is 1. The van der Waals surface area contributed by atoms with Gasteiger partial charge >= 0.3 is 0 Å². The number of halogens is 2. The molecule has 1 atom stereocenters. The van der Waals surface area contributed by atoms with Crippen LogP contribution in [0, 0.1) is 0 Å². The summed E-state index contributed by atoms with van der Waals surface area (Å²) in [5.41, 5.74) is 6.16. The number of nitrogens with two attached hydrogens (primary N) is 1. The molecule has 1 amide bonds. The van der Waals surface area contributed by atoms with Crippen molar-refractivity contribution in [3.8, 4) is 0 Å². The van der Waals surface area contributed by atoms with Crippen LogP contribution in [0.2, 0.25) is 5.02 Å². The molecule has 1 aromatic rings. The smallest absolute Gasteiger partial charge is 0.241 e. The number of carbonyl (C=O) groups is 1. The minimum atomic E-state index is -0.496. The summed E-state index contributed by atoms with van der Waals surface area (Å²) in [4.78, 5) is 11.5. The molecule has 0 bridgehead atoms. The average molecular weight is 292 g/mol. The third kappa shape index (κ3) is 3.48. The normalized spacial score (nSPS) is 12.3. The van der Waals surface area contributed by atoms with Crippen LogP contribution in [0.1, 0.15) is 13.3 Å². The predicted octanol–water partition coefficient (Wildman–Crippen LogP) is 2.78. The molecule has 0 radical (unpaired) electrons. The predicted molar refractivity (Wildman–Crippen MR) is 66.0 cm³/mol. The van der Waals surface area contributed by atoms with E-state index in [9.17, 15) is 4.79 Å². The fourth-order valence-electron chi connectivity index (χ4n) is 1.00. The molecule has 0 aromatic heterocycles. The van der Waals surface area contributed by atoms with Gasteiger partial charge in [-0.2, -0.15) is 0 Å². The zero-order chi connectivity index (χ0) is 11.4. The Hall–Kier alpha value is -0.580. The van der Waals surface area contributed by atoms with E-state index >= 15 is 0 Å². The third-order valence-corrected chi connectivity index (χ3v) is 2.77. The van der Waals surface area contributed by atoms with Gasteiger partial charge < -0.3 is 11.1 Å². The molecule has 5 heteroatoms. The van der Waals surface area contributed by atoms with Gasteiger partial charge in [-0.25, -0.2) is 0 Å². The van der Waals surface area contributed by atoms with E-state index in [1.807, 2.05) is 6.92 Å². The van der Waals surface area contributed by atoms with E-state index in [4.69, 9.17) is 17.3 Å². The van der Waals surface area contributed by atoms with E-state index in [2.05, 4.69) is 21.2 Å². The minimum Gasteiger partial charge on any atom is -0.323 e. The Morgan fingerprint density at radius 3 is 2.87 bits per heavy atom. The number of hydrogen-bond acceptors (Lipinski definition) is 2. The van der Waals surface area contributed by atoms with Crippen LogP contribution in [0.25, 0.3) is 0 Å². The third-order valence-electron chi connectivity index (χ3n) is 1.97. The molecule has 0 saturated carbocycles. The summed E-state index contributed by atoms with van der Waals surface area (Å²) in [6.45, 7) is 1.85. The standard InChI is InChI=1S/C10H12BrClN2O/c1-2-8(13)10(15)14-9-4-3-6(11)5-7(9)12/h3-5,8H,2,13H2,1H3,(H,14,15)/t8-/m0/s1. The van der Waals surface area contributed by atoms with Gasteiger partial charge in [-0.05, 0) is 24.6 Å². The molecule has 0 heterocycles. The lowest BCUT2D eigenvalue weighted by atomic mass is 10.2. The Balaban J connectivity index is 2.77. The van der Waals surface area contributed by atoms with Crippen LogP contribution < -0.4 is 11.1 Å². The number of hydrogen-bond donors (Lipinski definition) is 2. The second kappa shape index (κ2) is 5.49. The molecular weight excluding hydrogens is 279 g/mol. The molecule has 0 spiro atoms. The molecule has 15 heavy (non-hydrogen) atoms. The molecule has 0 fully saturated rings. The van der Waals surface area contributed by atoms with Crippen LogP contribution in [0.3, 0.4) is 0 Å². The molecule has 1 aromatic carbocycles. The van der Waals surface area contributed by atoms with Gasteiger partial charge in [0.25, 0.3) is 0 Å². The van der Waals surface area contributed by atoms with Crippen LogP contribution >= 0.6 is 27.5 Å². The van der Waals surface area contributed by atoms with Gasteiger partial charge in [-0.1, -0.05) is 34.5 Å². The van der Waals surface area contributed by atoms with Gasteiger partial charge in [-0.3, -0.25) is 4.79 Å². The first-order valence-electron chi connectivity index (χ1n) is 4.56. The molecule has 82 valence electrons. The SMILES string of the molecule is CC[C@H](N)C(=O)Nc1ccc(Br)cc1Cl. The lowest BCUT2D eigenvalue weighted by Crippen LogP contribution is -2.34. The highest BCUT2D eigenvalue weighted by Gasteiger charge is 2.12. The van der Waals surface area contributed by atoms with E-state index < -0.39 is 6.04 Å². The summed E-state index contributed by atoms with van der Waals surface area (Å²) in [7, 11) is 0. The summed E-state index contributed by atoms with van der Waals surface area (Å²) in [6, 6.07) is 4.75. The van der Waals surface area contributed by atoms with Gasteiger partial charge in [0.05, 0.1) is 16.8 Å². The van der Waals surface area contributed by atoms with Crippen molar-refractivity contribution < 1.29 is 4.79 Å². The monoisotopic (exact) mass is 290 g/mol. The topological polar surface area (TPSA) is 55.1 Å². The fourth-order valence-corrected chi connectivity index (χ4v) is 1.72. The second-order valence-electron chi connectivity index (χ2n) is 3.13. The van der Waals surface area contributed by atoms with E-state index in [0.29, 0.717) is 17.1 Å². The van der Waals surface area contributed by atoms with Crippen molar-refractivity contribution in [3.63, 3.8) is 0 Å². The van der Waals surface area contributed by atoms with Crippen LogP contribution in [0.5, 0.6) is 0 Å². The Morgan fingerprint density at radius 1 is 1.67 bits per heavy atom. The van der Waals surface area contributed by atoms with Crippen LogP contribution in [0.15, 0.2) is 22.7 Å². The van der Waals surface area contributed by atoms with Crippen molar-refractivity contribution in [2.24, 2.45) is 5.73 Å². The van der Waals surface area contributed by atoms with Crippen LogP contribution in [-0.2, 0) is 4.79 Å². The van der Waals surface area contributed by atoms with E-state index in [1.165, 1.54) is 0 Å². The first-order chi connectivity index (χ1) is 7.04. The number of anilines is 1. The number of nitrogens with one attached hydrogen (secondary N) is 1. The van der Waals surface area contributed by atoms with Crippen LogP contribution in [0.4, 0.5) is 5.69 Å². The van der Waals surface area contributed by atoms with Crippen molar-refractivity contribution in [1.82, 2.24) is 0 Å². The van der Waals surface area contributed by atoms with E-state index in [-0.39, 0.29) is 5.91 Å². The van der Waals surface area contributed by atoms with E-state index in [1.54, 1.807) is 18.2 Å². The van der Waals surface area contributed by atoms with Gasteiger partial charge in [0.1, 0.15) is 0 Å². The maximum absolute atomic E-state index is 11.5. The maximum atomic E-state index is 11.5. The van der Waals surface area contributed by atoms with Crippen molar-refractivity contribution in [3.05, 3.63) is 27.7 Å². The molecule has 3 nitrogen and oxygen atoms in total. The van der Waals surface area contributed by atoms with Crippen LogP contribution in [-0.4, -0.2) is 11.9 Å². The number of carbonyl (C=O) groups excluding carboxylic acids is 1. The summed E-state index contributed by atoms with van der Waals surface area (Å²) < 4.78 is 0.866. The highest BCUT2D eigenvalue weighted by Crippen LogP contribution is 2.25. The summed E-state index contributed by atoms with van der Waals surface area (Å²) in [6.07, 6.45) is 0.597. The molecule has 0 aliphatic carbocycles. The zero-order valence-corrected chi connectivity index (χ0v) is 10.6. The number of benzene rings is 1. The Labute approximate surface area is 102 Å². The van der Waals surface area contributed by atoms with Crippen molar-refractivity contribution in [1.29, 1.82) is 0 Å². The van der Waals surface area contributed by atoms with Crippen molar-refractivity contribution >= 4 is 39.1 Å². The van der Waals surface area contributed by atoms with Gasteiger partial charge in [-0.15, -0.1) is 0 Å². The average Bonchev–Trinajstić information content (AvgIpc) is 2.20. The van der Waals surface area contributed by atoms with Gasteiger partial charge in [0.2, 0.25) is 5.91 Å². The number of rotatable bonds is 3. The molecular formula is C10H12BrClN2O. The van der Waals surface area contributed by atoms with Crippen molar-refractivity contribution in [2.45, 2.75) is 19.4 Å². The van der Waals surface area contributed by atoms with Crippen molar-refractivity contribution in [2.75, 3.05) is 5.32 Å². The summed E-state index contributed by atoms with van der Waals surface area (Å²) >= 11 is 9.22. The lowest BCUT2D eigenvalue weighted by molar-refractivity contribution is -0.117. The second-order valence-corrected chi connectivity index (χ2v) is 4.45. The molecule has 1 rings (SSSR count). The molecule has 0 aliphatic heterocycles. The quantitative estimate of drug-likeness (QED) is 0.900. The largest absolute Gasteiger partial charge is 0.323 e. The first-order valence-corrected chi connectivity index (χ1v) is 5.73. The van der Waals surface area contributed by atoms with E-state index in [0.717, 1.165) is 4.47 Å². The highest BCUT2D eigenvalue weighted by atomic mass is 79.9.